The standard InChI is InChI=1S/C27H24ClN5O2/c1-35-21-14-11-20(12-15-21)24-17-23(19-8-3-2-4-9-19)29-27-31-26(32-33(24)27)30-25(34)16-13-18-7-5-6-10-22(18)28/h2-16,23-24H,17H2,1H3,(H2,29,30,31,32,34). The predicted octanol–water partition coefficient (Wildman–Crippen LogP) is 5.74. The molecule has 0 radical (unpaired) electrons. The van der Waals surface area contributed by atoms with Crippen molar-refractivity contribution in [2.75, 3.05) is 17.7 Å². The number of anilines is 2. The van der Waals surface area contributed by atoms with Crippen molar-refractivity contribution in [2.24, 2.45) is 0 Å². The third-order valence-electron chi connectivity index (χ3n) is 5.95. The molecule has 2 N–H and O–H groups in total. The van der Waals surface area contributed by atoms with Crippen molar-refractivity contribution in [1.29, 1.82) is 0 Å². The Morgan fingerprint density at radius 3 is 2.54 bits per heavy atom. The highest BCUT2D eigenvalue weighted by Gasteiger charge is 2.31. The fourth-order valence-corrected chi connectivity index (χ4v) is 4.36. The molecule has 0 saturated carbocycles. The lowest BCUT2D eigenvalue weighted by Crippen LogP contribution is -2.28. The Morgan fingerprint density at radius 2 is 1.80 bits per heavy atom. The first-order chi connectivity index (χ1) is 17.1. The molecule has 1 aliphatic heterocycles. The molecule has 0 spiro atoms. The summed E-state index contributed by atoms with van der Waals surface area (Å²) >= 11 is 6.17. The van der Waals surface area contributed by atoms with Crippen molar-refractivity contribution < 1.29 is 9.53 Å². The first kappa shape index (κ1) is 22.7. The SMILES string of the molecule is COc1ccc(C2CC(c3ccccc3)Nc3nc(NC(=O)C=Cc4ccccc4Cl)nn32)cc1. The number of halogens is 1. The highest BCUT2D eigenvalue weighted by atomic mass is 35.5. The highest BCUT2D eigenvalue weighted by Crippen LogP contribution is 2.38. The molecule has 8 heteroatoms. The monoisotopic (exact) mass is 485 g/mol. The topological polar surface area (TPSA) is 81.1 Å². The van der Waals surface area contributed by atoms with Gasteiger partial charge in [-0.1, -0.05) is 72.3 Å². The van der Waals surface area contributed by atoms with E-state index in [1.54, 1.807) is 19.3 Å². The third-order valence-corrected chi connectivity index (χ3v) is 6.29. The second kappa shape index (κ2) is 10.0. The number of rotatable bonds is 6. The first-order valence-electron chi connectivity index (χ1n) is 11.3. The van der Waals surface area contributed by atoms with Crippen molar-refractivity contribution in [3.05, 3.63) is 107 Å². The van der Waals surface area contributed by atoms with Crippen LogP contribution < -0.4 is 15.4 Å². The smallest absolute Gasteiger partial charge is 0.250 e. The molecule has 2 atom stereocenters. The number of amides is 1. The predicted molar refractivity (Wildman–Crippen MR) is 138 cm³/mol. The van der Waals surface area contributed by atoms with E-state index in [0.717, 1.165) is 28.9 Å². The first-order valence-corrected chi connectivity index (χ1v) is 11.6. The molecule has 35 heavy (non-hydrogen) atoms. The minimum atomic E-state index is -0.339. The van der Waals surface area contributed by atoms with Crippen molar-refractivity contribution >= 4 is 35.5 Å². The van der Waals surface area contributed by atoms with Crippen molar-refractivity contribution in [2.45, 2.75) is 18.5 Å². The quantitative estimate of drug-likeness (QED) is 0.340. The summed E-state index contributed by atoms with van der Waals surface area (Å²) < 4.78 is 7.15. The minimum absolute atomic E-state index is 0.0451. The van der Waals surface area contributed by atoms with Crippen LogP contribution in [0.25, 0.3) is 6.08 Å². The number of hydrogen-bond donors (Lipinski definition) is 2. The molecule has 5 rings (SSSR count). The summed E-state index contributed by atoms with van der Waals surface area (Å²) in [6.07, 6.45) is 3.85. The van der Waals surface area contributed by atoms with Crippen LogP contribution in [0.15, 0.2) is 84.9 Å². The zero-order chi connectivity index (χ0) is 24.2. The molecule has 0 aliphatic carbocycles. The molecule has 7 nitrogen and oxygen atoms in total. The number of hydrogen-bond acceptors (Lipinski definition) is 5. The van der Waals surface area contributed by atoms with E-state index < -0.39 is 0 Å². The lowest BCUT2D eigenvalue weighted by molar-refractivity contribution is -0.111. The number of fused-ring (bicyclic) bond motifs is 1. The fraction of sp³-hybridized carbons (Fsp3) is 0.148. The highest BCUT2D eigenvalue weighted by molar-refractivity contribution is 6.32. The van der Waals surface area contributed by atoms with Gasteiger partial charge in [-0.15, -0.1) is 5.10 Å². The summed E-state index contributed by atoms with van der Waals surface area (Å²) in [7, 11) is 1.65. The molecule has 0 saturated heterocycles. The molecule has 2 heterocycles. The Morgan fingerprint density at radius 1 is 1.06 bits per heavy atom. The van der Waals surface area contributed by atoms with Crippen LogP contribution in [0.1, 0.15) is 35.2 Å². The van der Waals surface area contributed by atoms with E-state index in [4.69, 9.17) is 16.3 Å². The van der Waals surface area contributed by atoms with Crippen molar-refractivity contribution in [1.82, 2.24) is 14.8 Å². The van der Waals surface area contributed by atoms with E-state index in [1.165, 1.54) is 6.08 Å². The van der Waals surface area contributed by atoms with Crippen LogP contribution in [0.5, 0.6) is 5.75 Å². The van der Waals surface area contributed by atoms with E-state index in [1.807, 2.05) is 65.3 Å². The normalized spacial score (nSPS) is 17.0. The Bertz CT molecular complexity index is 1350. The van der Waals surface area contributed by atoms with E-state index in [0.29, 0.717) is 11.0 Å². The van der Waals surface area contributed by atoms with Gasteiger partial charge in [0.1, 0.15) is 5.75 Å². The molecular weight excluding hydrogens is 462 g/mol. The molecule has 1 aliphatic rings. The van der Waals surface area contributed by atoms with Gasteiger partial charge in [-0.05, 0) is 47.4 Å². The van der Waals surface area contributed by atoms with Gasteiger partial charge in [0.15, 0.2) is 0 Å². The molecule has 1 aromatic heterocycles. The molecule has 4 aromatic rings. The van der Waals surface area contributed by atoms with Gasteiger partial charge >= 0.3 is 0 Å². The zero-order valence-corrected chi connectivity index (χ0v) is 19.8. The maximum absolute atomic E-state index is 12.6. The third kappa shape index (κ3) is 5.05. The molecule has 1 amide bonds. The second-order valence-electron chi connectivity index (χ2n) is 8.18. The van der Waals surface area contributed by atoms with Crippen LogP contribution in [-0.2, 0) is 4.79 Å². The summed E-state index contributed by atoms with van der Waals surface area (Å²) in [4.78, 5) is 17.1. The minimum Gasteiger partial charge on any atom is -0.497 e. The number of methoxy groups -OCH3 is 1. The van der Waals surface area contributed by atoms with Crippen LogP contribution in [0, 0.1) is 0 Å². The van der Waals surface area contributed by atoms with Crippen LogP contribution >= 0.6 is 11.6 Å². The summed E-state index contributed by atoms with van der Waals surface area (Å²) in [5.41, 5.74) is 3.00. The lowest BCUT2D eigenvalue weighted by Gasteiger charge is -2.31. The maximum atomic E-state index is 12.6. The largest absolute Gasteiger partial charge is 0.497 e. The number of carbonyl (C=O) groups is 1. The average Bonchev–Trinajstić information content (AvgIpc) is 3.30. The van der Waals surface area contributed by atoms with Crippen LogP contribution in [0.3, 0.4) is 0 Å². The average molecular weight is 486 g/mol. The van der Waals surface area contributed by atoms with Gasteiger partial charge in [0, 0.05) is 11.1 Å². The Balaban J connectivity index is 1.42. The van der Waals surface area contributed by atoms with E-state index in [9.17, 15) is 4.79 Å². The van der Waals surface area contributed by atoms with Gasteiger partial charge < -0.3 is 10.1 Å². The van der Waals surface area contributed by atoms with Gasteiger partial charge in [0.25, 0.3) is 11.9 Å². The Hall–Kier alpha value is -4.10. The van der Waals surface area contributed by atoms with Crippen LogP contribution in [0.4, 0.5) is 11.9 Å². The zero-order valence-electron chi connectivity index (χ0n) is 19.1. The molecular formula is C27H24ClN5O2. The summed E-state index contributed by atoms with van der Waals surface area (Å²) in [5, 5.41) is 11.4. The number of benzene rings is 3. The number of carbonyl (C=O) groups excluding carboxylic acids is 1. The molecule has 3 aromatic carbocycles. The second-order valence-corrected chi connectivity index (χ2v) is 8.59. The fourth-order valence-electron chi connectivity index (χ4n) is 4.17. The number of ether oxygens (including phenoxy) is 1. The molecule has 176 valence electrons. The lowest BCUT2D eigenvalue weighted by atomic mass is 9.93. The molecule has 2 unspecified atom stereocenters. The summed E-state index contributed by atoms with van der Waals surface area (Å²) in [6.45, 7) is 0. The van der Waals surface area contributed by atoms with Crippen molar-refractivity contribution in [3.63, 3.8) is 0 Å². The van der Waals surface area contributed by atoms with E-state index in [-0.39, 0.29) is 23.9 Å². The summed E-state index contributed by atoms with van der Waals surface area (Å²) in [6, 6.07) is 25.5. The number of aromatic nitrogens is 3. The molecule has 0 fully saturated rings. The van der Waals surface area contributed by atoms with E-state index >= 15 is 0 Å². The van der Waals surface area contributed by atoms with Gasteiger partial charge in [-0.25, -0.2) is 4.68 Å². The maximum Gasteiger partial charge on any atom is 0.250 e. The van der Waals surface area contributed by atoms with E-state index in [2.05, 4.69) is 32.8 Å². The number of nitrogens with one attached hydrogen (secondary N) is 2. The van der Waals surface area contributed by atoms with Crippen molar-refractivity contribution in [3.8, 4) is 5.75 Å². The van der Waals surface area contributed by atoms with Crippen LogP contribution in [0.2, 0.25) is 5.02 Å². The van der Waals surface area contributed by atoms with Gasteiger partial charge in [-0.2, -0.15) is 4.98 Å². The van der Waals surface area contributed by atoms with Gasteiger partial charge in [-0.3, -0.25) is 10.1 Å². The van der Waals surface area contributed by atoms with Gasteiger partial charge in [0.05, 0.1) is 19.2 Å². The Labute approximate surface area is 208 Å². The number of nitrogens with zero attached hydrogens (tertiary/aromatic N) is 3. The Kier molecular flexibility index (Phi) is 6.50. The van der Waals surface area contributed by atoms with Gasteiger partial charge in [0.2, 0.25) is 5.95 Å². The molecule has 0 bridgehead atoms. The van der Waals surface area contributed by atoms with Crippen LogP contribution in [-0.4, -0.2) is 27.8 Å². The summed E-state index contributed by atoms with van der Waals surface area (Å²) in [5.74, 6) is 1.28.